The summed E-state index contributed by atoms with van der Waals surface area (Å²) in [4.78, 5) is 28.7. The molecule has 0 spiro atoms. The van der Waals surface area contributed by atoms with Crippen molar-refractivity contribution in [3.63, 3.8) is 0 Å². The highest BCUT2D eigenvalue weighted by Gasteiger charge is 2.25. The van der Waals surface area contributed by atoms with E-state index in [2.05, 4.69) is 24.1 Å². The van der Waals surface area contributed by atoms with Crippen LogP contribution in [0.3, 0.4) is 0 Å². The first kappa shape index (κ1) is 28.1. The summed E-state index contributed by atoms with van der Waals surface area (Å²) in [5.74, 6) is 1.01. The lowest BCUT2D eigenvalue weighted by atomic mass is 10.1. The van der Waals surface area contributed by atoms with E-state index in [9.17, 15) is 9.59 Å². The van der Waals surface area contributed by atoms with Crippen LogP contribution < -0.4 is 14.4 Å². The number of esters is 1. The zero-order chi connectivity index (χ0) is 29.9. The number of carbonyl (C=O) groups excluding carboxylic acids is 2. The molecule has 1 unspecified atom stereocenters. The molecule has 1 atom stereocenters. The van der Waals surface area contributed by atoms with Gasteiger partial charge in [-0.1, -0.05) is 54.6 Å². The van der Waals surface area contributed by atoms with Gasteiger partial charge in [-0.25, -0.2) is 0 Å². The van der Waals surface area contributed by atoms with Crippen LogP contribution in [0.1, 0.15) is 32.7 Å². The quantitative estimate of drug-likeness (QED) is 0.197. The van der Waals surface area contributed by atoms with Crippen LogP contribution in [0.2, 0.25) is 0 Å². The van der Waals surface area contributed by atoms with Gasteiger partial charge in [0.1, 0.15) is 30.8 Å². The topological polar surface area (TPSA) is 70.0 Å². The maximum atomic E-state index is 13.8. The molecule has 4 aromatic carbocycles. The second kappa shape index (κ2) is 12.1. The molecule has 0 amide bonds. The van der Waals surface area contributed by atoms with Gasteiger partial charge in [0.2, 0.25) is 0 Å². The summed E-state index contributed by atoms with van der Waals surface area (Å²) >= 11 is 0. The molecular formula is C36H34N2O5. The second-order valence-corrected chi connectivity index (χ2v) is 11.0. The maximum Gasteiger partial charge on any atom is 0.310 e. The summed E-state index contributed by atoms with van der Waals surface area (Å²) in [5.41, 5.74) is 5.93. The molecule has 7 nitrogen and oxygen atoms in total. The molecule has 1 aliphatic rings. The van der Waals surface area contributed by atoms with Crippen molar-refractivity contribution in [3.05, 3.63) is 125 Å². The predicted octanol–water partition coefficient (Wildman–Crippen LogP) is 6.51. The van der Waals surface area contributed by atoms with Crippen molar-refractivity contribution in [2.45, 2.75) is 33.0 Å². The van der Waals surface area contributed by atoms with E-state index in [-0.39, 0.29) is 31.0 Å². The zero-order valence-corrected chi connectivity index (χ0v) is 24.6. The average molecular weight is 575 g/mol. The second-order valence-electron chi connectivity index (χ2n) is 11.0. The van der Waals surface area contributed by atoms with Crippen LogP contribution in [0.15, 0.2) is 97.1 Å². The number of anilines is 1. The molecule has 0 N–H and O–H groups in total. The van der Waals surface area contributed by atoms with Gasteiger partial charge in [-0.2, -0.15) is 0 Å². The monoisotopic (exact) mass is 574 g/mol. The first-order chi connectivity index (χ1) is 20.9. The number of nitrogens with zero attached hydrogens (tertiary/aromatic N) is 2. The summed E-state index contributed by atoms with van der Waals surface area (Å²) in [5, 5.41) is 0.860. The van der Waals surface area contributed by atoms with E-state index in [1.54, 1.807) is 28.8 Å². The Balaban J connectivity index is 1.14. The number of hydrogen-bond donors (Lipinski definition) is 0. The van der Waals surface area contributed by atoms with Crippen LogP contribution in [0, 0.1) is 13.8 Å². The molecule has 6 rings (SSSR count). The van der Waals surface area contributed by atoms with E-state index in [1.165, 1.54) is 0 Å². The highest BCUT2D eigenvalue weighted by molar-refractivity contribution is 6.04. The van der Waals surface area contributed by atoms with Crippen molar-refractivity contribution >= 4 is 28.5 Å². The molecule has 0 aliphatic carbocycles. The summed E-state index contributed by atoms with van der Waals surface area (Å²) < 4.78 is 19.5. The van der Waals surface area contributed by atoms with Crippen molar-refractivity contribution in [2.24, 2.45) is 0 Å². The Morgan fingerprint density at radius 3 is 2.44 bits per heavy atom. The minimum atomic E-state index is -0.337. The number of rotatable bonds is 8. The third-order valence-electron chi connectivity index (χ3n) is 7.84. The predicted molar refractivity (Wildman–Crippen MR) is 167 cm³/mol. The molecule has 7 heteroatoms. The van der Waals surface area contributed by atoms with Gasteiger partial charge in [-0.15, -0.1) is 0 Å². The Bertz CT molecular complexity index is 1780. The number of aromatic nitrogens is 1. The molecule has 1 aromatic heterocycles. The fourth-order valence-electron chi connectivity index (χ4n) is 5.60. The lowest BCUT2D eigenvalue weighted by Gasteiger charge is -2.33. The molecule has 0 fully saturated rings. The van der Waals surface area contributed by atoms with E-state index in [1.807, 2.05) is 74.5 Å². The molecule has 2 heterocycles. The lowest BCUT2D eigenvalue weighted by molar-refractivity contribution is -0.144. The Morgan fingerprint density at radius 1 is 0.907 bits per heavy atom. The van der Waals surface area contributed by atoms with Crippen LogP contribution in [0.25, 0.3) is 10.9 Å². The van der Waals surface area contributed by atoms with Gasteiger partial charge in [-0.3, -0.25) is 14.2 Å². The number of para-hydroxylation sites is 1. The van der Waals surface area contributed by atoms with E-state index < -0.39 is 0 Å². The lowest BCUT2D eigenvalue weighted by Crippen LogP contribution is -2.41. The third kappa shape index (κ3) is 5.97. The van der Waals surface area contributed by atoms with E-state index in [4.69, 9.17) is 14.2 Å². The summed E-state index contributed by atoms with van der Waals surface area (Å²) in [7, 11) is 2.05. The van der Waals surface area contributed by atoms with Gasteiger partial charge in [0.15, 0.2) is 0 Å². The fraction of sp³-hybridized carbons (Fsp3) is 0.222. The summed E-state index contributed by atoms with van der Waals surface area (Å²) in [6, 6.07) is 30.6. The fourth-order valence-corrected chi connectivity index (χ4v) is 5.60. The Morgan fingerprint density at radius 2 is 1.65 bits per heavy atom. The number of likely N-dealkylation sites (N-methyl/N-ethyl adjacent to an activating group) is 1. The van der Waals surface area contributed by atoms with Crippen molar-refractivity contribution in [3.8, 4) is 11.5 Å². The first-order valence-corrected chi connectivity index (χ1v) is 14.4. The highest BCUT2D eigenvalue weighted by Crippen LogP contribution is 2.33. The number of carbonyl (C=O) groups is 2. The minimum Gasteiger partial charge on any atom is -0.490 e. The maximum absolute atomic E-state index is 13.8. The van der Waals surface area contributed by atoms with Gasteiger partial charge in [0, 0.05) is 23.7 Å². The van der Waals surface area contributed by atoms with Gasteiger partial charge in [-0.05, 0) is 73.0 Å². The summed E-state index contributed by atoms with van der Waals surface area (Å²) in [6.07, 6.45) is -0.0402. The molecule has 0 saturated heterocycles. The van der Waals surface area contributed by atoms with Gasteiger partial charge < -0.3 is 19.1 Å². The minimum absolute atomic E-state index is 0.0781. The van der Waals surface area contributed by atoms with Crippen LogP contribution in [-0.4, -0.2) is 42.7 Å². The first-order valence-electron chi connectivity index (χ1n) is 14.4. The molecule has 0 saturated carbocycles. The smallest absolute Gasteiger partial charge is 0.310 e. The van der Waals surface area contributed by atoms with Gasteiger partial charge in [0.05, 0.1) is 24.2 Å². The summed E-state index contributed by atoms with van der Waals surface area (Å²) in [6.45, 7) is 5.23. The van der Waals surface area contributed by atoms with Crippen molar-refractivity contribution in [2.75, 3.05) is 25.1 Å². The van der Waals surface area contributed by atoms with Crippen LogP contribution >= 0.6 is 0 Å². The standard InChI is InChI=1S/C36H34N2O5/c1-24-13-18-33-34(19-24)43-29(21-37(33)3)23-41-28-16-14-27(15-17-28)36(40)38-25(2)31(30-11-7-8-12-32(30)38)20-35(39)42-22-26-9-5-4-6-10-26/h4-19,29H,20-23H2,1-3H3. The number of fused-ring (bicyclic) bond motifs is 2. The number of hydrogen-bond acceptors (Lipinski definition) is 6. The van der Waals surface area contributed by atoms with Gasteiger partial charge >= 0.3 is 5.97 Å². The number of aryl methyl sites for hydroxylation is 1. The molecule has 1 aliphatic heterocycles. The van der Waals surface area contributed by atoms with Crippen LogP contribution in [0.4, 0.5) is 5.69 Å². The Labute approximate surface area is 251 Å². The van der Waals surface area contributed by atoms with Gasteiger partial charge in [0.25, 0.3) is 5.91 Å². The molecule has 5 aromatic rings. The van der Waals surface area contributed by atoms with Crippen LogP contribution in [-0.2, 0) is 22.6 Å². The Hall–Kier alpha value is -5.04. The number of ether oxygens (including phenoxy) is 3. The SMILES string of the molecule is Cc1ccc2c(c1)OC(COc1ccc(C(=O)n3c(C)c(CC(=O)OCc4ccccc4)c4ccccc43)cc1)CN2C. The number of benzene rings is 4. The van der Waals surface area contributed by atoms with Crippen molar-refractivity contribution < 1.29 is 23.8 Å². The van der Waals surface area contributed by atoms with Crippen LogP contribution in [0.5, 0.6) is 11.5 Å². The zero-order valence-electron chi connectivity index (χ0n) is 24.6. The normalized spacial score (nSPS) is 14.2. The molecule has 43 heavy (non-hydrogen) atoms. The van der Waals surface area contributed by atoms with E-state index >= 15 is 0 Å². The largest absolute Gasteiger partial charge is 0.490 e. The average Bonchev–Trinajstić information content (AvgIpc) is 3.29. The third-order valence-corrected chi connectivity index (χ3v) is 7.84. The molecule has 218 valence electrons. The highest BCUT2D eigenvalue weighted by atomic mass is 16.5. The molecule has 0 bridgehead atoms. The molecular weight excluding hydrogens is 540 g/mol. The van der Waals surface area contributed by atoms with E-state index in [0.29, 0.717) is 17.9 Å². The Kier molecular flexibility index (Phi) is 7.88. The van der Waals surface area contributed by atoms with Crippen molar-refractivity contribution in [1.82, 2.24) is 4.57 Å². The molecule has 0 radical (unpaired) electrons. The van der Waals surface area contributed by atoms with E-state index in [0.717, 1.165) is 51.3 Å². The van der Waals surface area contributed by atoms with Crippen molar-refractivity contribution in [1.29, 1.82) is 0 Å².